The van der Waals surface area contributed by atoms with E-state index >= 15 is 0 Å². The third-order valence-electron chi connectivity index (χ3n) is 4.97. The summed E-state index contributed by atoms with van der Waals surface area (Å²) < 4.78 is 27.0. The summed E-state index contributed by atoms with van der Waals surface area (Å²) in [4.78, 5) is 7.43. The molecule has 0 radical (unpaired) electrons. The molecule has 0 spiro atoms. The molecule has 25 heavy (non-hydrogen) atoms. The summed E-state index contributed by atoms with van der Waals surface area (Å²) in [5, 5.41) is 3.12. The lowest BCUT2D eigenvalue weighted by atomic mass is 10.2. The number of aromatic nitrogens is 1. The standard InChI is InChI=1S/C18H23N3O2S2/c22-25(23,21-12-2-1-3-13-21)16-8-6-15(7-9-16)17-14-24-18(19-17)20-10-4-5-11-20/h6-9,14H,1-5,10-13H2. The summed E-state index contributed by atoms with van der Waals surface area (Å²) in [6, 6.07) is 7.18. The van der Waals surface area contributed by atoms with Gasteiger partial charge in [0, 0.05) is 37.1 Å². The second kappa shape index (κ2) is 7.05. The van der Waals surface area contributed by atoms with E-state index in [9.17, 15) is 8.42 Å². The lowest BCUT2D eigenvalue weighted by Crippen LogP contribution is -2.35. The fourth-order valence-electron chi connectivity index (χ4n) is 3.50. The second-order valence-electron chi connectivity index (χ2n) is 6.70. The number of hydrogen-bond donors (Lipinski definition) is 0. The molecular formula is C18H23N3O2S2. The van der Waals surface area contributed by atoms with Gasteiger partial charge in [-0.3, -0.25) is 0 Å². The van der Waals surface area contributed by atoms with Crippen molar-refractivity contribution in [2.45, 2.75) is 37.0 Å². The van der Waals surface area contributed by atoms with Gasteiger partial charge in [0.2, 0.25) is 10.0 Å². The lowest BCUT2D eigenvalue weighted by molar-refractivity contribution is 0.346. The minimum absolute atomic E-state index is 0.383. The number of anilines is 1. The molecule has 2 aromatic rings. The molecular weight excluding hydrogens is 354 g/mol. The Kier molecular flexibility index (Phi) is 4.80. The van der Waals surface area contributed by atoms with Crippen LogP contribution in [-0.2, 0) is 10.0 Å². The van der Waals surface area contributed by atoms with Gasteiger partial charge in [-0.2, -0.15) is 4.31 Å². The first kappa shape index (κ1) is 17.0. The molecule has 0 atom stereocenters. The fraction of sp³-hybridized carbons (Fsp3) is 0.500. The van der Waals surface area contributed by atoms with Crippen LogP contribution in [0.25, 0.3) is 11.3 Å². The van der Waals surface area contributed by atoms with Gasteiger partial charge in [0.15, 0.2) is 5.13 Å². The maximum absolute atomic E-state index is 12.7. The maximum Gasteiger partial charge on any atom is 0.243 e. The Bertz CT molecular complexity index is 818. The Labute approximate surface area is 153 Å². The molecule has 0 aliphatic carbocycles. The van der Waals surface area contributed by atoms with Crippen LogP contribution in [0, 0.1) is 0 Å². The van der Waals surface area contributed by atoms with Crippen molar-refractivity contribution in [2.24, 2.45) is 0 Å². The zero-order valence-electron chi connectivity index (χ0n) is 14.2. The Morgan fingerprint density at radius 3 is 2.20 bits per heavy atom. The van der Waals surface area contributed by atoms with E-state index in [2.05, 4.69) is 10.3 Å². The first-order valence-corrected chi connectivity index (χ1v) is 11.3. The summed E-state index contributed by atoms with van der Waals surface area (Å²) in [7, 11) is -3.36. The Hall–Kier alpha value is -1.44. The molecule has 5 nitrogen and oxygen atoms in total. The van der Waals surface area contributed by atoms with E-state index in [1.807, 2.05) is 12.1 Å². The van der Waals surface area contributed by atoms with Crippen molar-refractivity contribution >= 4 is 26.5 Å². The number of nitrogens with zero attached hydrogens (tertiary/aromatic N) is 3. The molecule has 3 heterocycles. The highest BCUT2D eigenvalue weighted by molar-refractivity contribution is 7.89. The van der Waals surface area contributed by atoms with Gasteiger partial charge in [0.1, 0.15) is 0 Å². The van der Waals surface area contributed by atoms with Crippen LogP contribution in [0.3, 0.4) is 0 Å². The summed E-state index contributed by atoms with van der Waals surface area (Å²) >= 11 is 1.66. The largest absolute Gasteiger partial charge is 0.348 e. The van der Waals surface area contributed by atoms with Gasteiger partial charge in [-0.1, -0.05) is 18.6 Å². The molecule has 4 rings (SSSR count). The van der Waals surface area contributed by atoms with Crippen LogP contribution in [0.1, 0.15) is 32.1 Å². The first-order chi connectivity index (χ1) is 12.1. The highest BCUT2D eigenvalue weighted by Gasteiger charge is 2.25. The van der Waals surface area contributed by atoms with Crippen LogP contribution in [0.2, 0.25) is 0 Å². The number of piperidine rings is 1. The van der Waals surface area contributed by atoms with E-state index in [0.717, 1.165) is 48.7 Å². The molecule has 1 aromatic heterocycles. The summed E-state index contributed by atoms with van der Waals surface area (Å²) in [6.45, 7) is 3.44. The van der Waals surface area contributed by atoms with Crippen molar-refractivity contribution in [1.82, 2.24) is 9.29 Å². The molecule has 2 fully saturated rings. The predicted molar refractivity (Wildman–Crippen MR) is 102 cm³/mol. The van der Waals surface area contributed by atoms with E-state index in [1.165, 1.54) is 12.8 Å². The molecule has 0 N–H and O–H groups in total. The summed E-state index contributed by atoms with van der Waals surface area (Å²) in [5.74, 6) is 0. The molecule has 2 aliphatic heterocycles. The SMILES string of the molecule is O=S(=O)(c1ccc(-c2csc(N3CCCC3)n2)cc1)N1CCCCC1. The first-order valence-electron chi connectivity index (χ1n) is 8.96. The van der Waals surface area contributed by atoms with Gasteiger partial charge in [-0.05, 0) is 37.8 Å². The van der Waals surface area contributed by atoms with Crippen LogP contribution in [0.5, 0.6) is 0 Å². The molecule has 7 heteroatoms. The van der Waals surface area contributed by atoms with E-state index in [4.69, 9.17) is 4.98 Å². The molecule has 2 saturated heterocycles. The molecule has 0 unspecified atom stereocenters. The molecule has 0 saturated carbocycles. The average Bonchev–Trinajstić information content (AvgIpc) is 3.34. The smallest absolute Gasteiger partial charge is 0.243 e. The molecule has 1 aromatic carbocycles. The van der Waals surface area contributed by atoms with Crippen LogP contribution in [0.4, 0.5) is 5.13 Å². The quantitative estimate of drug-likeness (QED) is 0.817. The third-order valence-corrected chi connectivity index (χ3v) is 7.79. The number of sulfonamides is 1. The highest BCUT2D eigenvalue weighted by atomic mass is 32.2. The van der Waals surface area contributed by atoms with Crippen molar-refractivity contribution in [1.29, 1.82) is 0 Å². The van der Waals surface area contributed by atoms with Gasteiger partial charge >= 0.3 is 0 Å². The van der Waals surface area contributed by atoms with E-state index < -0.39 is 10.0 Å². The topological polar surface area (TPSA) is 53.5 Å². The molecule has 0 bridgehead atoms. The van der Waals surface area contributed by atoms with Crippen LogP contribution in [0.15, 0.2) is 34.5 Å². The highest BCUT2D eigenvalue weighted by Crippen LogP contribution is 2.30. The predicted octanol–water partition coefficient (Wildman–Crippen LogP) is 3.58. The second-order valence-corrected chi connectivity index (χ2v) is 9.47. The van der Waals surface area contributed by atoms with Crippen molar-refractivity contribution in [3.05, 3.63) is 29.6 Å². The monoisotopic (exact) mass is 377 g/mol. The fourth-order valence-corrected chi connectivity index (χ4v) is 5.91. The molecule has 134 valence electrons. The minimum atomic E-state index is -3.36. The number of rotatable bonds is 4. The van der Waals surface area contributed by atoms with Crippen molar-refractivity contribution in [2.75, 3.05) is 31.1 Å². The van der Waals surface area contributed by atoms with Crippen molar-refractivity contribution in [3.8, 4) is 11.3 Å². The number of benzene rings is 1. The number of thiazole rings is 1. The van der Waals surface area contributed by atoms with Crippen molar-refractivity contribution in [3.63, 3.8) is 0 Å². The van der Waals surface area contributed by atoms with Crippen LogP contribution < -0.4 is 4.90 Å². The van der Waals surface area contributed by atoms with E-state index in [-0.39, 0.29) is 0 Å². The van der Waals surface area contributed by atoms with Crippen LogP contribution in [-0.4, -0.2) is 43.9 Å². The Morgan fingerprint density at radius 2 is 1.52 bits per heavy atom. The zero-order chi connectivity index (χ0) is 17.3. The zero-order valence-corrected chi connectivity index (χ0v) is 15.9. The van der Waals surface area contributed by atoms with E-state index in [1.54, 1.807) is 27.8 Å². The van der Waals surface area contributed by atoms with Gasteiger partial charge in [0.25, 0.3) is 0 Å². The Balaban J connectivity index is 1.53. The third kappa shape index (κ3) is 3.45. The molecule has 2 aliphatic rings. The normalized spacial score (nSPS) is 19.4. The van der Waals surface area contributed by atoms with Crippen molar-refractivity contribution < 1.29 is 8.42 Å². The summed E-state index contributed by atoms with van der Waals surface area (Å²) in [6.07, 6.45) is 5.49. The van der Waals surface area contributed by atoms with Gasteiger partial charge < -0.3 is 4.90 Å². The van der Waals surface area contributed by atoms with Gasteiger partial charge in [0.05, 0.1) is 10.6 Å². The summed E-state index contributed by atoms with van der Waals surface area (Å²) in [5.41, 5.74) is 1.90. The lowest BCUT2D eigenvalue weighted by Gasteiger charge is -2.25. The van der Waals surface area contributed by atoms with Gasteiger partial charge in [-0.25, -0.2) is 13.4 Å². The van der Waals surface area contributed by atoms with Gasteiger partial charge in [-0.15, -0.1) is 11.3 Å². The minimum Gasteiger partial charge on any atom is -0.348 e. The Morgan fingerprint density at radius 1 is 0.880 bits per heavy atom. The number of hydrogen-bond acceptors (Lipinski definition) is 5. The maximum atomic E-state index is 12.7. The molecule has 0 amide bonds. The average molecular weight is 378 g/mol. The van der Waals surface area contributed by atoms with E-state index in [0.29, 0.717) is 18.0 Å². The van der Waals surface area contributed by atoms with Crippen LogP contribution >= 0.6 is 11.3 Å².